The van der Waals surface area contributed by atoms with E-state index in [1.807, 2.05) is 48.5 Å². The fraction of sp³-hybridized carbons (Fsp3) is 0.188. The Hall–Kier alpha value is -2.01. The zero-order valence-corrected chi connectivity index (χ0v) is 13.3. The number of urea groups is 1. The summed E-state index contributed by atoms with van der Waals surface area (Å²) in [7, 11) is 1.64. The molecule has 0 spiro atoms. The van der Waals surface area contributed by atoms with Crippen LogP contribution in [0.25, 0.3) is 0 Å². The maximum atomic E-state index is 11.8. The molecule has 5 heteroatoms. The molecule has 0 bridgehead atoms. The van der Waals surface area contributed by atoms with E-state index < -0.39 is 0 Å². The van der Waals surface area contributed by atoms with Crippen LogP contribution < -0.4 is 15.4 Å². The molecule has 0 aliphatic heterocycles. The Labute approximate surface area is 132 Å². The molecule has 21 heavy (non-hydrogen) atoms. The van der Waals surface area contributed by atoms with Crippen molar-refractivity contribution < 1.29 is 9.53 Å². The van der Waals surface area contributed by atoms with Gasteiger partial charge in [0.1, 0.15) is 5.75 Å². The lowest BCUT2D eigenvalue weighted by atomic mass is 10.1. The number of benzene rings is 2. The number of carbonyl (C=O) groups excluding carboxylic acids is 1. The SMILES string of the molecule is COc1cccc(CCNC(=O)Nc2cccc(Br)c2)c1. The number of ether oxygens (including phenoxy) is 1. The summed E-state index contributed by atoms with van der Waals surface area (Å²) >= 11 is 3.37. The van der Waals surface area contributed by atoms with Gasteiger partial charge in [0.25, 0.3) is 0 Å². The Balaban J connectivity index is 1.79. The molecule has 4 nitrogen and oxygen atoms in total. The highest BCUT2D eigenvalue weighted by atomic mass is 79.9. The number of halogens is 1. The monoisotopic (exact) mass is 348 g/mol. The van der Waals surface area contributed by atoms with Crippen LogP contribution in [0.2, 0.25) is 0 Å². The highest BCUT2D eigenvalue weighted by Gasteiger charge is 2.02. The predicted octanol–water partition coefficient (Wildman–Crippen LogP) is 3.82. The minimum Gasteiger partial charge on any atom is -0.497 e. The van der Waals surface area contributed by atoms with Gasteiger partial charge in [-0.05, 0) is 42.3 Å². The number of carbonyl (C=O) groups is 1. The molecule has 0 aliphatic carbocycles. The second kappa shape index (κ2) is 7.69. The van der Waals surface area contributed by atoms with Crippen LogP contribution in [-0.4, -0.2) is 19.7 Å². The highest BCUT2D eigenvalue weighted by molar-refractivity contribution is 9.10. The minimum atomic E-state index is -0.212. The number of amides is 2. The molecule has 2 N–H and O–H groups in total. The van der Waals surface area contributed by atoms with Gasteiger partial charge in [0.15, 0.2) is 0 Å². The Kier molecular flexibility index (Phi) is 5.63. The molecule has 0 unspecified atom stereocenters. The summed E-state index contributed by atoms with van der Waals surface area (Å²) in [6.45, 7) is 0.563. The van der Waals surface area contributed by atoms with Gasteiger partial charge in [0.05, 0.1) is 7.11 Å². The Bertz CT molecular complexity index is 617. The first-order chi connectivity index (χ1) is 10.2. The second-order valence-corrected chi connectivity index (χ2v) is 5.41. The maximum Gasteiger partial charge on any atom is 0.319 e. The Morgan fingerprint density at radius 3 is 2.76 bits per heavy atom. The first-order valence-corrected chi connectivity index (χ1v) is 7.40. The van der Waals surface area contributed by atoms with Crippen molar-refractivity contribution in [3.63, 3.8) is 0 Å². The average Bonchev–Trinajstić information content (AvgIpc) is 2.47. The van der Waals surface area contributed by atoms with E-state index >= 15 is 0 Å². The van der Waals surface area contributed by atoms with Crippen molar-refractivity contribution in [2.24, 2.45) is 0 Å². The van der Waals surface area contributed by atoms with Crippen LogP contribution in [0.1, 0.15) is 5.56 Å². The first kappa shape index (κ1) is 15.4. The smallest absolute Gasteiger partial charge is 0.319 e. The molecule has 2 rings (SSSR count). The van der Waals surface area contributed by atoms with Gasteiger partial charge in [-0.15, -0.1) is 0 Å². The molecule has 0 fully saturated rings. The van der Waals surface area contributed by atoms with Crippen molar-refractivity contribution in [3.05, 3.63) is 58.6 Å². The summed E-state index contributed by atoms with van der Waals surface area (Å²) in [5.41, 5.74) is 1.88. The van der Waals surface area contributed by atoms with Crippen LogP contribution in [0.3, 0.4) is 0 Å². The van der Waals surface area contributed by atoms with E-state index in [0.717, 1.165) is 27.9 Å². The third-order valence-electron chi connectivity index (χ3n) is 2.92. The van der Waals surface area contributed by atoms with Crippen molar-refractivity contribution in [2.75, 3.05) is 19.0 Å². The van der Waals surface area contributed by atoms with E-state index in [-0.39, 0.29) is 6.03 Å². The topological polar surface area (TPSA) is 50.4 Å². The fourth-order valence-electron chi connectivity index (χ4n) is 1.89. The van der Waals surface area contributed by atoms with Gasteiger partial charge in [0.2, 0.25) is 0 Å². The molecule has 2 amide bonds. The van der Waals surface area contributed by atoms with Crippen molar-refractivity contribution in [1.29, 1.82) is 0 Å². The number of hydrogen-bond donors (Lipinski definition) is 2. The number of methoxy groups -OCH3 is 1. The van der Waals surface area contributed by atoms with Crippen LogP contribution in [0, 0.1) is 0 Å². The lowest BCUT2D eigenvalue weighted by Crippen LogP contribution is -2.30. The van der Waals surface area contributed by atoms with E-state index in [4.69, 9.17) is 4.74 Å². The molecule has 0 aromatic heterocycles. The van der Waals surface area contributed by atoms with E-state index in [2.05, 4.69) is 26.6 Å². The standard InChI is InChI=1S/C16H17BrN2O2/c1-21-15-7-2-4-12(10-15)8-9-18-16(20)19-14-6-3-5-13(17)11-14/h2-7,10-11H,8-9H2,1H3,(H2,18,19,20). The third-order valence-corrected chi connectivity index (χ3v) is 3.41. The molecule has 0 atom stereocenters. The number of hydrogen-bond acceptors (Lipinski definition) is 2. The van der Waals surface area contributed by atoms with Gasteiger partial charge in [0, 0.05) is 16.7 Å². The van der Waals surface area contributed by atoms with Crippen LogP contribution >= 0.6 is 15.9 Å². The van der Waals surface area contributed by atoms with Gasteiger partial charge in [-0.25, -0.2) is 4.79 Å². The van der Waals surface area contributed by atoms with Crippen LogP contribution in [0.5, 0.6) is 5.75 Å². The minimum absolute atomic E-state index is 0.212. The van der Waals surface area contributed by atoms with Crippen LogP contribution in [0.4, 0.5) is 10.5 Å². The summed E-state index contributed by atoms with van der Waals surface area (Å²) in [6, 6.07) is 15.1. The average molecular weight is 349 g/mol. The zero-order chi connectivity index (χ0) is 15.1. The van der Waals surface area contributed by atoms with Crippen LogP contribution in [0.15, 0.2) is 53.0 Å². The summed E-state index contributed by atoms with van der Waals surface area (Å²) in [4.78, 5) is 11.8. The molecule has 0 radical (unpaired) electrons. The second-order valence-electron chi connectivity index (χ2n) is 4.49. The number of rotatable bonds is 5. The van der Waals surface area contributed by atoms with Crippen molar-refractivity contribution in [1.82, 2.24) is 5.32 Å². The van der Waals surface area contributed by atoms with Gasteiger partial charge in [-0.2, -0.15) is 0 Å². The Morgan fingerprint density at radius 1 is 1.19 bits per heavy atom. The van der Waals surface area contributed by atoms with E-state index in [9.17, 15) is 4.79 Å². The lowest BCUT2D eigenvalue weighted by Gasteiger charge is -2.08. The number of anilines is 1. The highest BCUT2D eigenvalue weighted by Crippen LogP contribution is 2.15. The fourth-order valence-corrected chi connectivity index (χ4v) is 2.29. The molecule has 0 aliphatic rings. The normalized spacial score (nSPS) is 10.0. The molecule has 110 valence electrons. The third kappa shape index (κ3) is 5.11. The summed E-state index contributed by atoms with van der Waals surface area (Å²) < 4.78 is 6.10. The summed E-state index contributed by atoms with van der Waals surface area (Å²) in [6.07, 6.45) is 0.753. The molecule has 0 saturated heterocycles. The van der Waals surface area contributed by atoms with Gasteiger partial charge < -0.3 is 15.4 Å². The molecule has 2 aromatic carbocycles. The van der Waals surface area contributed by atoms with E-state index in [0.29, 0.717) is 6.54 Å². The molecule has 0 heterocycles. The van der Waals surface area contributed by atoms with Crippen LogP contribution in [-0.2, 0) is 6.42 Å². The quantitative estimate of drug-likeness (QED) is 0.862. The van der Waals surface area contributed by atoms with Crippen molar-refractivity contribution in [3.8, 4) is 5.75 Å². The Morgan fingerprint density at radius 2 is 2.00 bits per heavy atom. The summed E-state index contributed by atoms with van der Waals surface area (Å²) in [5, 5.41) is 5.62. The van der Waals surface area contributed by atoms with Gasteiger partial charge >= 0.3 is 6.03 Å². The molecular formula is C16H17BrN2O2. The van der Waals surface area contributed by atoms with Gasteiger partial charge in [-0.3, -0.25) is 0 Å². The molecular weight excluding hydrogens is 332 g/mol. The lowest BCUT2D eigenvalue weighted by molar-refractivity contribution is 0.252. The molecule has 2 aromatic rings. The van der Waals surface area contributed by atoms with Crippen molar-refractivity contribution >= 4 is 27.6 Å². The largest absolute Gasteiger partial charge is 0.497 e. The number of nitrogens with one attached hydrogen (secondary N) is 2. The molecule has 0 saturated carbocycles. The first-order valence-electron chi connectivity index (χ1n) is 6.61. The predicted molar refractivity (Wildman–Crippen MR) is 87.9 cm³/mol. The zero-order valence-electron chi connectivity index (χ0n) is 11.7. The van der Waals surface area contributed by atoms with Crippen molar-refractivity contribution in [2.45, 2.75) is 6.42 Å². The van der Waals surface area contributed by atoms with Gasteiger partial charge in [-0.1, -0.05) is 34.1 Å². The van der Waals surface area contributed by atoms with E-state index in [1.165, 1.54) is 0 Å². The van der Waals surface area contributed by atoms with E-state index in [1.54, 1.807) is 7.11 Å². The maximum absolute atomic E-state index is 11.8. The summed E-state index contributed by atoms with van der Waals surface area (Å²) in [5.74, 6) is 0.825.